The Kier molecular flexibility index (Phi) is 315. The number of halogens is 2. The molecular weight excluding hydrogens is 258 g/mol. The van der Waals surface area contributed by atoms with Crippen LogP contribution in [0.1, 0.15) is 6.42 Å². The molecule has 0 aromatic heterocycles. The van der Waals surface area contributed by atoms with Crippen LogP contribution >= 0.6 is 24.8 Å². The van der Waals surface area contributed by atoms with E-state index in [0.29, 0.717) is 0 Å². The third kappa shape index (κ3) is 55.0. The summed E-state index contributed by atoms with van der Waals surface area (Å²) in [5.74, 6) is 0. The molecule has 0 aromatic rings. The van der Waals surface area contributed by atoms with Crippen molar-refractivity contribution in [3.05, 3.63) is 61.4 Å². The molecule has 0 N–H and O–H groups in total. The second kappa shape index (κ2) is 70.2. The van der Waals surface area contributed by atoms with Gasteiger partial charge in [0.2, 0.25) is 0 Å². The molecule has 1 aliphatic rings. The molecule has 0 radical (unpaired) electrons. The fourth-order valence-corrected chi connectivity index (χ4v) is 0.340. The van der Waals surface area contributed by atoms with Crippen LogP contribution in [-0.4, -0.2) is 0 Å². The SMILES string of the molecule is Cl.Cl.[C-]1=CC=CC1.[CH3-].[CH3-].[CH3-].[CH3-].[CH3-].[O]=[V]. The first-order valence-corrected chi connectivity index (χ1v) is 2.47. The molecule has 0 spiro atoms. The molecule has 4 heteroatoms. The predicted octanol–water partition coefficient (Wildman–Crippen LogP) is 4.28. The van der Waals surface area contributed by atoms with E-state index >= 15 is 0 Å². The normalized spacial score (nSPS) is 6.50. The van der Waals surface area contributed by atoms with Crippen LogP contribution in [0.2, 0.25) is 0 Å². The zero-order valence-electron chi connectivity index (χ0n) is 9.61. The summed E-state index contributed by atoms with van der Waals surface area (Å²) in [5, 5.41) is 0. The zero-order valence-corrected chi connectivity index (χ0v) is 12.6. The van der Waals surface area contributed by atoms with Gasteiger partial charge in [-0.05, 0) is 0 Å². The summed E-state index contributed by atoms with van der Waals surface area (Å²) < 4.78 is 8.19. The van der Waals surface area contributed by atoms with Crippen LogP contribution in [0, 0.1) is 43.2 Å². The average Bonchev–Trinajstić information content (AvgIpc) is 2.23. The van der Waals surface area contributed by atoms with E-state index in [1.54, 1.807) is 0 Å². The molecule has 0 atom stereocenters. The van der Waals surface area contributed by atoms with Crippen LogP contribution in [-0.2, 0) is 21.0 Å². The zero-order chi connectivity index (χ0) is 5.54. The number of rotatable bonds is 0. The van der Waals surface area contributed by atoms with Crippen molar-refractivity contribution in [3.8, 4) is 0 Å². The van der Waals surface area contributed by atoms with Crippen LogP contribution < -0.4 is 0 Å². The predicted molar refractivity (Wildman–Crippen MR) is 68.8 cm³/mol. The molecule has 93 valence electrons. The topological polar surface area (TPSA) is 17.1 Å². The average molecular weight is 280 g/mol. The molecule has 0 fully saturated rings. The van der Waals surface area contributed by atoms with E-state index in [4.69, 9.17) is 3.67 Å². The molecule has 0 heterocycles. The van der Waals surface area contributed by atoms with E-state index in [-0.39, 0.29) is 61.9 Å². The van der Waals surface area contributed by atoms with Gasteiger partial charge in [-0.25, -0.2) is 12.2 Å². The van der Waals surface area contributed by atoms with Crippen LogP contribution in [0.3, 0.4) is 0 Å². The molecule has 0 saturated carbocycles. The molecule has 1 aliphatic carbocycles. The summed E-state index contributed by atoms with van der Waals surface area (Å²) in [7, 11) is 0. The Balaban J connectivity index is -0.00000000639. The van der Waals surface area contributed by atoms with Gasteiger partial charge < -0.3 is 37.1 Å². The van der Waals surface area contributed by atoms with Gasteiger partial charge in [0.25, 0.3) is 0 Å². The maximum atomic E-state index is 8.19. The van der Waals surface area contributed by atoms with Crippen LogP contribution in [0.25, 0.3) is 0 Å². The molecule has 0 bridgehead atoms. The minimum absolute atomic E-state index is 0. The minimum atomic E-state index is 0. The van der Waals surface area contributed by atoms with E-state index < -0.39 is 0 Å². The van der Waals surface area contributed by atoms with Crippen molar-refractivity contribution in [2.24, 2.45) is 0 Å². The molecule has 1 nitrogen and oxygen atoms in total. The molecule has 14 heavy (non-hydrogen) atoms. The Morgan fingerprint density at radius 2 is 1.29 bits per heavy atom. The van der Waals surface area contributed by atoms with Gasteiger partial charge >= 0.3 is 21.0 Å². The number of allylic oxidation sites excluding steroid dienone is 4. The van der Waals surface area contributed by atoms with E-state index in [9.17, 15) is 0 Å². The summed E-state index contributed by atoms with van der Waals surface area (Å²) in [5.41, 5.74) is 0. The first kappa shape index (κ1) is 62.9. The van der Waals surface area contributed by atoms with Gasteiger partial charge in [-0.1, -0.05) is 0 Å². The van der Waals surface area contributed by atoms with Gasteiger partial charge in [0.05, 0.1) is 0 Å². The Morgan fingerprint density at radius 1 is 0.929 bits per heavy atom. The van der Waals surface area contributed by atoms with Crippen molar-refractivity contribution >= 4 is 24.8 Å². The number of hydrogen-bond acceptors (Lipinski definition) is 1. The van der Waals surface area contributed by atoms with E-state index in [1.165, 1.54) is 0 Å². The van der Waals surface area contributed by atoms with Crippen LogP contribution in [0.15, 0.2) is 18.2 Å². The molecule has 0 saturated heterocycles. The fourth-order valence-electron chi connectivity index (χ4n) is 0.340. The Hall–Kier alpha value is 0.444. The van der Waals surface area contributed by atoms with Crippen LogP contribution in [0.5, 0.6) is 0 Å². The molecule has 1 rings (SSSR count). The van der Waals surface area contributed by atoms with E-state index in [2.05, 4.69) is 12.2 Å². The van der Waals surface area contributed by atoms with Gasteiger partial charge in [-0.15, -0.1) is 31.2 Å². The number of hydrogen-bond donors (Lipinski definition) is 0. The van der Waals surface area contributed by atoms with Crippen molar-refractivity contribution in [2.45, 2.75) is 6.42 Å². The second-order valence-corrected chi connectivity index (χ2v) is 1.00. The second-order valence-electron chi connectivity index (χ2n) is 1.00. The van der Waals surface area contributed by atoms with Crippen molar-refractivity contribution < 1.29 is 21.0 Å². The monoisotopic (exact) mass is 279 g/mol. The molecule has 0 amide bonds. The Bertz CT molecular complexity index is 86.1. The van der Waals surface area contributed by atoms with Crippen molar-refractivity contribution in [3.63, 3.8) is 0 Å². The van der Waals surface area contributed by atoms with E-state index in [1.807, 2.05) is 12.2 Å². The molecule has 0 aliphatic heterocycles. The third-order valence-corrected chi connectivity index (χ3v) is 0.586. The Labute approximate surface area is 113 Å². The van der Waals surface area contributed by atoms with Crippen LogP contribution in [0.4, 0.5) is 0 Å². The summed E-state index contributed by atoms with van der Waals surface area (Å²) in [6, 6.07) is 0. The standard InChI is InChI=1S/C5H5.5CH3.2ClH.O.V/c1-2-4-5-3-1;;;;;;;;;/h1-3H,4H2;5*1H3;2*1H;;/q6*-1;;;;. The summed E-state index contributed by atoms with van der Waals surface area (Å²) in [4.78, 5) is 0. The van der Waals surface area contributed by atoms with Crippen molar-refractivity contribution in [2.75, 3.05) is 0 Å². The van der Waals surface area contributed by atoms with Gasteiger partial charge in [0.1, 0.15) is 0 Å². The molecule has 0 unspecified atom stereocenters. The van der Waals surface area contributed by atoms with Gasteiger partial charge in [0.15, 0.2) is 0 Å². The maximum absolute atomic E-state index is 8.19. The summed E-state index contributed by atoms with van der Waals surface area (Å²) >= 11 is 1.06. The van der Waals surface area contributed by atoms with Gasteiger partial charge in [-0.2, -0.15) is 6.08 Å². The Morgan fingerprint density at radius 3 is 1.36 bits per heavy atom. The fraction of sp³-hybridized carbons (Fsp3) is 0.100. The summed E-state index contributed by atoms with van der Waals surface area (Å²) in [6.45, 7) is 0. The van der Waals surface area contributed by atoms with Gasteiger partial charge in [-0.3, -0.25) is 6.08 Å². The van der Waals surface area contributed by atoms with Crippen molar-refractivity contribution in [1.82, 2.24) is 0 Å². The first-order chi connectivity index (χ1) is 3.50. The quantitative estimate of drug-likeness (QED) is 0.605. The summed E-state index contributed by atoms with van der Waals surface area (Å²) in [6.07, 6.45) is 10.0. The molecular formula is C10H22Cl2OV-6. The van der Waals surface area contributed by atoms with Crippen molar-refractivity contribution in [1.29, 1.82) is 0 Å². The van der Waals surface area contributed by atoms with Gasteiger partial charge in [0, 0.05) is 0 Å². The third-order valence-electron chi connectivity index (χ3n) is 0.586. The van der Waals surface area contributed by atoms with E-state index in [0.717, 1.165) is 23.8 Å². The molecule has 0 aromatic carbocycles. The first-order valence-electron chi connectivity index (χ1n) is 1.90.